The van der Waals surface area contributed by atoms with Crippen LogP contribution in [0.1, 0.15) is 20.9 Å². The van der Waals surface area contributed by atoms with Gasteiger partial charge in [0.1, 0.15) is 6.33 Å². The Bertz CT molecular complexity index is 1280. The van der Waals surface area contributed by atoms with Crippen LogP contribution in [0, 0.1) is 0 Å². The number of amides is 1. The van der Waals surface area contributed by atoms with E-state index in [1.807, 2.05) is 54.6 Å². The minimum atomic E-state index is -0.222. The third-order valence-electron chi connectivity index (χ3n) is 4.65. The maximum Gasteiger partial charge on any atom is 0.257 e. The molecule has 0 saturated carbocycles. The van der Waals surface area contributed by atoms with Crippen molar-refractivity contribution >= 4 is 33.1 Å². The molecule has 0 spiro atoms. The highest BCUT2D eigenvalue weighted by Crippen LogP contribution is 2.24. The van der Waals surface area contributed by atoms with E-state index in [9.17, 15) is 4.79 Å². The average Bonchev–Trinajstić information content (AvgIpc) is 3.45. The Hall–Kier alpha value is -3.91. The zero-order valence-corrected chi connectivity index (χ0v) is 16.6. The van der Waals surface area contributed by atoms with Gasteiger partial charge in [-0.15, -0.1) is 16.4 Å². The van der Waals surface area contributed by atoms with Gasteiger partial charge in [0.2, 0.25) is 0 Å². The molecule has 0 fully saturated rings. The van der Waals surface area contributed by atoms with Crippen LogP contribution < -0.4 is 5.32 Å². The first kappa shape index (κ1) is 18.1. The smallest absolute Gasteiger partial charge is 0.257 e. The van der Waals surface area contributed by atoms with E-state index in [-0.39, 0.29) is 5.91 Å². The second kappa shape index (κ2) is 7.84. The molecule has 0 aliphatic carbocycles. The number of nitrogens with zero attached hydrogens (tertiary/aromatic N) is 5. The summed E-state index contributed by atoms with van der Waals surface area (Å²) in [6.07, 6.45) is 2.22. The van der Waals surface area contributed by atoms with Gasteiger partial charge in [-0.2, -0.15) is 4.68 Å². The fourth-order valence-corrected chi connectivity index (χ4v) is 4.21. The molecule has 0 atom stereocenters. The van der Waals surface area contributed by atoms with Crippen LogP contribution in [0.2, 0.25) is 0 Å². The van der Waals surface area contributed by atoms with Crippen LogP contribution in [0.5, 0.6) is 0 Å². The number of fused-ring (bicyclic) bond motifs is 1. The summed E-state index contributed by atoms with van der Waals surface area (Å²) >= 11 is 1.71. The topological polar surface area (TPSA) is 85.6 Å². The largest absolute Gasteiger partial charge is 0.322 e. The summed E-state index contributed by atoms with van der Waals surface area (Å²) in [6.45, 7) is 0. The van der Waals surface area contributed by atoms with Crippen LogP contribution in [0.4, 0.5) is 5.69 Å². The van der Waals surface area contributed by atoms with Gasteiger partial charge < -0.3 is 5.32 Å². The van der Waals surface area contributed by atoms with Crippen LogP contribution in [-0.4, -0.2) is 31.1 Å². The van der Waals surface area contributed by atoms with Gasteiger partial charge in [0.05, 0.1) is 26.5 Å². The van der Waals surface area contributed by atoms with E-state index in [0.29, 0.717) is 11.3 Å². The van der Waals surface area contributed by atoms with Gasteiger partial charge in [-0.3, -0.25) is 4.79 Å². The molecule has 0 unspecified atom stereocenters. The SMILES string of the molecule is O=C(Nc1ccc(Cc2nc3ccccc3s2)cc1)c1ccccc1-n1cnnn1. The van der Waals surface area contributed by atoms with Gasteiger partial charge >= 0.3 is 0 Å². The Kier molecular flexibility index (Phi) is 4.74. The van der Waals surface area contributed by atoms with E-state index in [1.165, 1.54) is 15.7 Å². The van der Waals surface area contributed by atoms with E-state index in [2.05, 4.69) is 31.9 Å². The lowest BCUT2D eigenvalue weighted by atomic mass is 10.1. The van der Waals surface area contributed by atoms with Crippen molar-refractivity contribution in [2.45, 2.75) is 6.42 Å². The third-order valence-corrected chi connectivity index (χ3v) is 5.69. The summed E-state index contributed by atoms with van der Waals surface area (Å²) < 4.78 is 2.66. The van der Waals surface area contributed by atoms with Gasteiger partial charge in [0.25, 0.3) is 5.91 Å². The molecule has 0 saturated heterocycles. The Labute approximate surface area is 176 Å². The van der Waals surface area contributed by atoms with Crippen LogP contribution >= 0.6 is 11.3 Å². The normalized spacial score (nSPS) is 10.9. The highest BCUT2D eigenvalue weighted by atomic mass is 32.1. The van der Waals surface area contributed by atoms with Gasteiger partial charge in [-0.1, -0.05) is 36.4 Å². The first-order valence-corrected chi connectivity index (χ1v) is 10.1. The number of aromatic nitrogens is 5. The summed E-state index contributed by atoms with van der Waals surface area (Å²) in [5.74, 6) is -0.222. The van der Waals surface area contributed by atoms with Crippen molar-refractivity contribution in [3.63, 3.8) is 0 Å². The highest BCUT2D eigenvalue weighted by molar-refractivity contribution is 7.18. The summed E-state index contributed by atoms with van der Waals surface area (Å²) in [6, 6.07) is 23.2. The Morgan fingerprint density at radius 3 is 2.57 bits per heavy atom. The van der Waals surface area contributed by atoms with Gasteiger partial charge in [-0.25, -0.2) is 4.98 Å². The number of hydrogen-bond donors (Lipinski definition) is 1. The standard InChI is InChI=1S/C22H16N6OS/c29-22(17-5-1-3-7-19(17)28-14-23-26-27-28)24-16-11-9-15(10-12-16)13-21-25-18-6-2-4-8-20(18)30-21/h1-12,14H,13H2,(H,24,29). The van der Waals surface area contributed by atoms with Crippen LogP contribution in [-0.2, 0) is 6.42 Å². The molecule has 0 aliphatic heterocycles. The molecule has 0 aliphatic rings. The van der Waals surface area contributed by atoms with Crippen LogP contribution in [0.25, 0.3) is 15.9 Å². The molecule has 7 nitrogen and oxygen atoms in total. The van der Waals surface area contributed by atoms with E-state index >= 15 is 0 Å². The second-order valence-electron chi connectivity index (χ2n) is 6.67. The number of benzene rings is 3. The average molecular weight is 412 g/mol. The third kappa shape index (κ3) is 3.68. The maximum absolute atomic E-state index is 12.8. The summed E-state index contributed by atoms with van der Waals surface area (Å²) in [5.41, 5.74) is 4.00. The van der Waals surface area contributed by atoms with Crippen molar-refractivity contribution in [3.8, 4) is 5.69 Å². The molecular weight excluding hydrogens is 396 g/mol. The molecule has 30 heavy (non-hydrogen) atoms. The molecule has 2 aromatic heterocycles. The molecule has 146 valence electrons. The minimum Gasteiger partial charge on any atom is -0.322 e. The lowest BCUT2D eigenvalue weighted by Crippen LogP contribution is -2.15. The molecule has 1 N–H and O–H groups in total. The first-order valence-electron chi connectivity index (χ1n) is 9.33. The summed E-state index contributed by atoms with van der Waals surface area (Å²) in [4.78, 5) is 17.5. The number of carbonyl (C=O) groups excluding carboxylic acids is 1. The quantitative estimate of drug-likeness (QED) is 0.469. The molecule has 5 aromatic rings. The molecule has 5 rings (SSSR count). The number of tetrazole rings is 1. The molecule has 3 aromatic carbocycles. The summed E-state index contributed by atoms with van der Waals surface area (Å²) in [7, 11) is 0. The lowest BCUT2D eigenvalue weighted by molar-refractivity contribution is 0.102. The predicted molar refractivity (Wildman–Crippen MR) is 116 cm³/mol. The van der Waals surface area contributed by atoms with Crippen molar-refractivity contribution in [3.05, 3.63) is 95.3 Å². The number of carbonyl (C=O) groups is 1. The van der Waals surface area contributed by atoms with Crippen molar-refractivity contribution < 1.29 is 4.79 Å². The van der Waals surface area contributed by atoms with Crippen molar-refractivity contribution in [1.82, 2.24) is 25.2 Å². The van der Waals surface area contributed by atoms with Crippen molar-refractivity contribution in [1.29, 1.82) is 0 Å². The van der Waals surface area contributed by atoms with Crippen molar-refractivity contribution in [2.24, 2.45) is 0 Å². The van der Waals surface area contributed by atoms with Crippen LogP contribution in [0.3, 0.4) is 0 Å². The van der Waals surface area contributed by atoms with Gasteiger partial charge in [-0.05, 0) is 52.4 Å². The van der Waals surface area contributed by atoms with E-state index in [0.717, 1.165) is 28.2 Å². The number of hydrogen-bond acceptors (Lipinski definition) is 6. The zero-order valence-electron chi connectivity index (χ0n) is 15.8. The molecule has 2 heterocycles. The number of thiazole rings is 1. The maximum atomic E-state index is 12.8. The number of nitrogens with one attached hydrogen (secondary N) is 1. The number of rotatable bonds is 5. The van der Waals surface area contributed by atoms with Gasteiger partial charge in [0, 0.05) is 12.1 Å². The fraction of sp³-hybridized carbons (Fsp3) is 0.0455. The zero-order chi connectivity index (χ0) is 20.3. The van der Waals surface area contributed by atoms with Crippen LogP contribution in [0.15, 0.2) is 79.1 Å². The summed E-state index contributed by atoms with van der Waals surface area (Å²) in [5, 5.41) is 15.2. The first-order chi connectivity index (χ1) is 14.8. The Morgan fingerprint density at radius 1 is 0.967 bits per heavy atom. The molecule has 0 bridgehead atoms. The molecule has 1 amide bonds. The molecule has 0 radical (unpaired) electrons. The number of anilines is 1. The second-order valence-corrected chi connectivity index (χ2v) is 7.79. The Morgan fingerprint density at radius 2 is 1.77 bits per heavy atom. The van der Waals surface area contributed by atoms with E-state index < -0.39 is 0 Å². The van der Waals surface area contributed by atoms with E-state index in [1.54, 1.807) is 23.5 Å². The monoisotopic (exact) mass is 412 g/mol. The van der Waals surface area contributed by atoms with Gasteiger partial charge in [0.15, 0.2) is 0 Å². The lowest BCUT2D eigenvalue weighted by Gasteiger charge is -2.10. The predicted octanol–water partition coefficient (Wildman–Crippen LogP) is 4.12. The fourth-order valence-electron chi connectivity index (χ4n) is 3.21. The highest BCUT2D eigenvalue weighted by Gasteiger charge is 2.13. The molecule has 8 heteroatoms. The Balaban J connectivity index is 1.31. The number of para-hydroxylation sites is 2. The van der Waals surface area contributed by atoms with Crippen molar-refractivity contribution in [2.75, 3.05) is 5.32 Å². The molecular formula is C22H16N6OS. The van der Waals surface area contributed by atoms with E-state index in [4.69, 9.17) is 0 Å². The minimum absolute atomic E-state index is 0.222.